The minimum atomic E-state index is -0.491. The molecule has 3 heteroatoms. The van der Waals surface area contributed by atoms with Gasteiger partial charge in [-0.05, 0) is 24.7 Å². The zero-order valence-electron chi connectivity index (χ0n) is 14.3. The van der Waals surface area contributed by atoms with E-state index in [0.29, 0.717) is 11.8 Å². The number of carbonyl (C=O) groups excluding carboxylic acids is 1. The molecule has 120 valence electrons. The second-order valence-corrected chi connectivity index (χ2v) is 6.34. The van der Waals surface area contributed by atoms with Crippen molar-refractivity contribution in [2.24, 2.45) is 11.8 Å². The Balaban J connectivity index is 4.32. The third kappa shape index (κ3) is 8.44. The lowest BCUT2D eigenvalue weighted by Gasteiger charge is -2.25. The zero-order valence-corrected chi connectivity index (χ0v) is 14.3. The minimum absolute atomic E-state index is 0.0264. The lowest BCUT2D eigenvalue weighted by molar-refractivity contribution is -0.0296. The molecule has 0 amide bonds. The molecule has 0 heterocycles. The molecule has 0 bridgehead atoms. The van der Waals surface area contributed by atoms with Crippen molar-refractivity contribution >= 4 is 6.16 Å². The van der Waals surface area contributed by atoms with Crippen LogP contribution in [0.4, 0.5) is 4.79 Å². The van der Waals surface area contributed by atoms with E-state index in [9.17, 15) is 4.79 Å². The quantitative estimate of drug-likeness (QED) is 0.492. The second-order valence-electron chi connectivity index (χ2n) is 6.34. The number of ether oxygens (including phenoxy) is 2. The van der Waals surface area contributed by atoms with Crippen LogP contribution in [0.2, 0.25) is 0 Å². The lowest BCUT2D eigenvalue weighted by Crippen LogP contribution is -2.29. The highest BCUT2D eigenvalue weighted by molar-refractivity contribution is 5.60. The molecule has 2 unspecified atom stereocenters. The molecule has 0 fully saturated rings. The summed E-state index contributed by atoms with van der Waals surface area (Å²) in [4.78, 5) is 12.0. The largest absolute Gasteiger partial charge is 0.508 e. The van der Waals surface area contributed by atoms with Gasteiger partial charge in [0.2, 0.25) is 0 Å². The van der Waals surface area contributed by atoms with Crippen LogP contribution in [0.15, 0.2) is 0 Å². The third-order valence-electron chi connectivity index (χ3n) is 3.67. The highest BCUT2D eigenvalue weighted by Crippen LogP contribution is 2.18. The molecule has 0 aliphatic heterocycles. The molecular formula is C17H34O3. The summed E-state index contributed by atoms with van der Waals surface area (Å²) in [6.45, 7) is 12.6. The molecule has 0 aliphatic rings. The molecule has 0 N–H and O–H groups in total. The number of unbranched alkanes of at least 4 members (excludes halogenated alkanes) is 2. The Morgan fingerprint density at radius 1 is 0.800 bits per heavy atom. The molecule has 0 aromatic heterocycles. The Bertz CT molecular complexity index is 225. The van der Waals surface area contributed by atoms with Gasteiger partial charge in [-0.2, -0.15) is 0 Å². The molecule has 0 aromatic carbocycles. The van der Waals surface area contributed by atoms with Gasteiger partial charge in [-0.3, -0.25) is 0 Å². The maximum Gasteiger partial charge on any atom is 0.508 e. The standard InChI is InChI=1S/C17H34O3/c1-7-9-11-15(13(3)4)19-17(18)20-16(14(5)6)12-10-8-2/h13-16H,7-12H2,1-6H3. The van der Waals surface area contributed by atoms with Crippen molar-refractivity contribution in [1.82, 2.24) is 0 Å². The van der Waals surface area contributed by atoms with Crippen molar-refractivity contribution in [3.05, 3.63) is 0 Å². The first-order valence-electron chi connectivity index (χ1n) is 8.29. The van der Waals surface area contributed by atoms with E-state index in [1.807, 2.05) is 0 Å². The molecule has 0 saturated heterocycles. The van der Waals surface area contributed by atoms with E-state index in [1.165, 1.54) is 0 Å². The lowest BCUT2D eigenvalue weighted by atomic mass is 10.0. The molecule has 3 nitrogen and oxygen atoms in total. The van der Waals surface area contributed by atoms with E-state index < -0.39 is 6.16 Å². The van der Waals surface area contributed by atoms with Gasteiger partial charge in [-0.1, -0.05) is 67.2 Å². The average molecular weight is 286 g/mol. The van der Waals surface area contributed by atoms with Gasteiger partial charge in [0.25, 0.3) is 0 Å². The van der Waals surface area contributed by atoms with Gasteiger partial charge in [0, 0.05) is 0 Å². The summed E-state index contributed by atoms with van der Waals surface area (Å²) in [5.74, 6) is 0.671. The Morgan fingerprint density at radius 3 is 1.40 bits per heavy atom. The summed E-state index contributed by atoms with van der Waals surface area (Å²) in [6, 6.07) is 0. The number of carbonyl (C=O) groups is 1. The van der Waals surface area contributed by atoms with Crippen molar-refractivity contribution < 1.29 is 14.3 Å². The Morgan fingerprint density at radius 2 is 1.15 bits per heavy atom. The molecule has 0 spiro atoms. The maximum absolute atomic E-state index is 12.0. The van der Waals surface area contributed by atoms with Crippen LogP contribution < -0.4 is 0 Å². The maximum atomic E-state index is 12.0. The molecule has 0 rings (SSSR count). The summed E-state index contributed by atoms with van der Waals surface area (Å²) in [5.41, 5.74) is 0. The Hall–Kier alpha value is -0.730. The normalized spacial score (nSPS) is 14.4. The van der Waals surface area contributed by atoms with Crippen LogP contribution in [0.5, 0.6) is 0 Å². The van der Waals surface area contributed by atoms with Crippen LogP contribution in [0, 0.1) is 11.8 Å². The van der Waals surface area contributed by atoms with Gasteiger partial charge in [0.15, 0.2) is 0 Å². The molecule has 0 aromatic rings. The zero-order chi connectivity index (χ0) is 15.5. The summed E-state index contributed by atoms with van der Waals surface area (Å²) in [7, 11) is 0. The van der Waals surface area contributed by atoms with Crippen molar-refractivity contribution in [3.63, 3.8) is 0 Å². The fourth-order valence-electron chi connectivity index (χ4n) is 2.14. The van der Waals surface area contributed by atoms with Crippen molar-refractivity contribution in [2.45, 2.75) is 92.3 Å². The number of hydrogen-bond acceptors (Lipinski definition) is 3. The van der Waals surface area contributed by atoms with Gasteiger partial charge in [-0.25, -0.2) is 4.79 Å². The predicted octanol–water partition coefficient (Wildman–Crippen LogP) is 5.57. The van der Waals surface area contributed by atoms with E-state index in [0.717, 1.165) is 38.5 Å². The fourth-order valence-corrected chi connectivity index (χ4v) is 2.14. The number of hydrogen-bond donors (Lipinski definition) is 0. The SMILES string of the molecule is CCCCC(OC(=O)OC(CCCC)C(C)C)C(C)C. The summed E-state index contributed by atoms with van der Waals surface area (Å²) >= 11 is 0. The van der Waals surface area contributed by atoms with E-state index in [2.05, 4.69) is 41.5 Å². The van der Waals surface area contributed by atoms with Gasteiger partial charge >= 0.3 is 6.16 Å². The molecule has 0 aliphatic carbocycles. The van der Waals surface area contributed by atoms with Crippen LogP contribution in [0.25, 0.3) is 0 Å². The molecule has 0 saturated carbocycles. The highest BCUT2D eigenvalue weighted by Gasteiger charge is 2.23. The highest BCUT2D eigenvalue weighted by atomic mass is 16.7. The van der Waals surface area contributed by atoms with Gasteiger partial charge < -0.3 is 9.47 Å². The average Bonchev–Trinajstić information content (AvgIpc) is 2.38. The first kappa shape index (κ1) is 19.3. The second kappa shape index (κ2) is 11.0. The van der Waals surface area contributed by atoms with E-state index in [-0.39, 0.29) is 12.2 Å². The Labute approximate surface area is 125 Å². The van der Waals surface area contributed by atoms with Crippen LogP contribution in [-0.4, -0.2) is 18.4 Å². The first-order valence-corrected chi connectivity index (χ1v) is 8.29. The van der Waals surface area contributed by atoms with Crippen LogP contribution in [0.3, 0.4) is 0 Å². The predicted molar refractivity (Wildman–Crippen MR) is 83.9 cm³/mol. The smallest absolute Gasteiger partial charge is 0.431 e. The summed E-state index contributed by atoms with van der Waals surface area (Å²) in [5, 5.41) is 0. The fraction of sp³-hybridized carbons (Fsp3) is 0.941. The van der Waals surface area contributed by atoms with Gasteiger partial charge in [-0.15, -0.1) is 0 Å². The molecular weight excluding hydrogens is 252 g/mol. The van der Waals surface area contributed by atoms with E-state index in [4.69, 9.17) is 9.47 Å². The van der Waals surface area contributed by atoms with Crippen LogP contribution >= 0.6 is 0 Å². The molecule has 0 radical (unpaired) electrons. The summed E-state index contributed by atoms with van der Waals surface area (Å²) < 4.78 is 11.0. The number of rotatable bonds is 10. The summed E-state index contributed by atoms with van der Waals surface area (Å²) in [6.07, 6.45) is 5.70. The Kier molecular flexibility index (Phi) is 10.6. The van der Waals surface area contributed by atoms with Gasteiger partial charge in [0.1, 0.15) is 12.2 Å². The van der Waals surface area contributed by atoms with Crippen LogP contribution in [-0.2, 0) is 9.47 Å². The van der Waals surface area contributed by atoms with Gasteiger partial charge in [0.05, 0.1) is 0 Å². The molecule has 20 heavy (non-hydrogen) atoms. The minimum Gasteiger partial charge on any atom is -0.431 e. The topological polar surface area (TPSA) is 35.5 Å². The van der Waals surface area contributed by atoms with Crippen molar-refractivity contribution in [2.75, 3.05) is 0 Å². The van der Waals surface area contributed by atoms with E-state index >= 15 is 0 Å². The van der Waals surface area contributed by atoms with Crippen molar-refractivity contribution in [3.8, 4) is 0 Å². The van der Waals surface area contributed by atoms with Crippen molar-refractivity contribution in [1.29, 1.82) is 0 Å². The first-order chi connectivity index (χ1) is 9.42. The van der Waals surface area contributed by atoms with E-state index in [1.54, 1.807) is 0 Å². The molecule has 2 atom stereocenters. The third-order valence-corrected chi connectivity index (χ3v) is 3.67. The van der Waals surface area contributed by atoms with Crippen LogP contribution in [0.1, 0.15) is 80.1 Å². The monoisotopic (exact) mass is 286 g/mol.